The topological polar surface area (TPSA) is 80.9 Å². The van der Waals surface area contributed by atoms with Crippen LogP contribution in [0.25, 0.3) is 11.1 Å². The largest absolute Gasteiger partial charge is 0.417 e. The lowest BCUT2D eigenvalue weighted by Crippen LogP contribution is -2.15. The third-order valence-corrected chi connectivity index (χ3v) is 3.99. The highest BCUT2D eigenvalue weighted by atomic mass is 79.9. The summed E-state index contributed by atoms with van der Waals surface area (Å²) >= 11 is 2.99. The van der Waals surface area contributed by atoms with E-state index in [-0.39, 0.29) is 21.6 Å². The monoisotopic (exact) mass is 414 g/mol. The Morgan fingerprint density at radius 3 is 2.64 bits per heavy atom. The summed E-state index contributed by atoms with van der Waals surface area (Å²) in [4.78, 5) is 20.4. The zero-order valence-corrected chi connectivity index (χ0v) is 14.5. The van der Waals surface area contributed by atoms with Crippen LogP contribution >= 0.6 is 15.9 Å². The molecule has 0 aliphatic heterocycles. The Hall–Kier alpha value is -2.49. The number of aryl methyl sites for hydroxylation is 2. The number of carbonyl (C=O) groups excluding carboxylic acids is 1. The zero-order chi connectivity index (χ0) is 18.4. The Labute approximate surface area is 147 Å². The molecule has 0 aliphatic carbocycles. The highest BCUT2D eigenvalue weighted by Crippen LogP contribution is 2.33. The fourth-order valence-corrected chi connectivity index (χ4v) is 2.70. The van der Waals surface area contributed by atoms with E-state index in [0.29, 0.717) is 23.0 Å². The van der Waals surface area contributed by atoms with Crippen LogP contribution in [0.5, 0.6) is 0 Å². The van der Waals surface area contributed by atoms with Gasteiger partial charge in [0.25, 0.3) is 11.6 Å². The van der Waals surface area contributed by atoms with E-state index < -0.39 is 17.6 Å². The Kier molecular flexibility index (Phi) is 4.23. The predicted octanol–water partition coefficient (Wildman–Crippen LogP) is 4.27. The van der Waals surface area contributed by atoms with E-state index >= 15 is 0 Å². The van der Waals surface area contributed by atoms with Gasteiger partial charge >= 0.3 is 6.18 Å². The van der Waals surface area contributed by atoms with E-state index in [0.717, 1.165) is 6.07 Å². The first-order valence-electron chi connectivity index (χ1n) is 6.94. The van der Waals surface area contributed by atoms with Crippen LogP contribution in [-0.4, -0.2) is 21.0 Å². The molecule has 25 heavy (non-hydrogen) atoms. The standard InChI is InChI=1S/C15H10BrF3N4O2/c1-6-3-9(11-7(2)23-25-14(11)21-6)13(24)22-12-10(16)4-8(5-20-12)15(17,18)19/h3-5H,1-2H3,(H,20,22,24). The maximum Gasteiger partial charge on any atom is 0.417 e. The first-order valence-corrected chi connectivity index (χ1v) is 7.74. The van der Waals surface area contributed by atoms with Gasteiger partial charge < -0.3 is 9.84 Å². The molecule has 0 atom stereocenters. The molecule has 0 saturated heterocycles. The van der Waals surface area contributed by atoms with Gasteiger partial charge in [0.2, 0.25) is 0 Å². The summed E-state index contributed by atoms with van der Waals surface area (Å²) in [5.74, 6) is -0.593. The molecule has 6 nitrogen and oxygen atoms in total. The number of carbonyl (C=O) groups is 1. The number of fused-ring (bicyclic) bond motifs is 1. The van der Waals surface area contributed by atoms with Crippen LogP contribution in [0.3, 0.4) is 0 Å². The molecule has 3 heterocycles. The van der Waals surface area contributed by atoms with Crippen molar-refractivity contribution in [3.8, 4) is 0 Å². The summed E-state index contributed by atoms with van der Waals surface area (Å²) in [6.07, 6.45) is -3.87. The normalized spacial score (nSPS) is 11.8. The molecule has 0 bridgehead atoms. The second-order valence-corrected chi connectivity index (χ2v) is 6.12. The van der Waals surface area contributed by atoms with Crippen molar-refractivity contribution in [1.29, 1.82) is 0 Å². The Bertz CT molecular complexity index is 985. The van der Waals surface area contributed by atoms with Crippen molar-refractivity contribution in [2.45, 2.75) is 20.0 Å². The molecule has 1 N–H and O–H groups in total. The Morgan fingerprint density at radius 2 is 2.00 bits per heavy atom. The third kappa shape index (κ3) is 3.34. The van der Waals surface area contributed by atoms with E-state index in [1.807, 2.05) is 0 Å². The van der Waals surface area contributed by atoms with Crippen LogP contribution in [-0.2, 0) is 6.18 Å². The number of hydrogen-bond acceptors (Lipinski definition) is 5. The van der Waals surface area contributed by atoms with Gasteiger partial charge in [0.05, 0.1) is 26.7 Å². The average molecular weight is 415 g/mol. The number of aromatic nitrogens is 3. The summed E-state index contributed by atoms with van der Waals surface area (Å²) in [6, 6.07) is 2.39. The van der Waals surface area contributed by atoms with Crippen molar-refractivity contribution < 1.29 is 22.5 Å². The highest BCUT2D eigenvalue weighted by Gasteiger charge is 2.31. The van der Waals surface area contributed by atoms with Gasteiger partial charge in [0.15, 0.2) is 0 Å². The zero-order valence-electron chi connectivity index (χ0n) is 12.9. The number of halogens is 4. The molecule has 10 heteroatoms. The van der Waals surface area contributed by atoms with Gasteiger partial charge in [-0.05, 0) is 41.9 Å². The minimum Gasteiger partial charge on any atom is -0.336 e. The average Bonchev–Trinajstić information content (AvgIpc) is 2.88. The Balaban J connectivity index is 1.97. The van der Waals surface area contributed by atoms with Gasteiger partial charge in [-0.25, -0.2) is 9.97 Å². The fraction of sp³-hybridized carbons (Fsp3) is 0.200. The van der Waals surface area contributed by atoms with Gasteiger partial charge in [0, 0.05) is 11.9 Å². The van der Waals surface area contributed by atoms with Crippen molar-refractivity contribution in [1.82, 2.24) is 15.1 Å². The van der Waals surface area contributed by atoms with Gasteiger partial charge in [0.1, 0.15) is 5.82 Å². The smallest absolute Gasteiger partial charge is 0.336 e. The second-order valence-electron chi connectivity index (χ2n) is 5.27. The lowest BCUT2D eigenvalue weighted by Gasteiger charge is -2.11. The van der Waals surface area contributed by atoms with Gasteiger partial charge in [-0.15, -0.1) is 0 Å². The first kappa shape index (κ1) is 17.3. The summed E-state index contributed by atoms with van der Waals surface area (Å²) in [6.45, 7) is 3.34. The first-order chi connectivity index (χ1) is 11.7. The van der Waals surface area contributed by atoms with E-state index in [2.05, 4.69) is 36.4 Å². The van der Waals surface area contributed by atoms with Crippen molar-refractivity contribution >= 4 is 38.8 Å². The van der Waals surface area contributed by atoms with Crippen LogP contribution in [0.1, 0.15) is 27.3 Å². The number of alkyl halides is 3. The fourth-order valence-electron chi connectivity index (χ4n) is 2.26. The summed E-state index contributed by atoms with van der Waals surface area (Å²) in [5.41, 5.74) is 0.548. The molecular weight excluding hydrogens is 405 g/mol. The Morgan fingerprint density at radius 1 is 1.28 bits per heavy atom. The second kappa shape index (κ2) is 6.10. The molecule has 3 aromatic rings. The van der Waals surface area contributed by atoms with Crippen LogP contribution in [0.15, 0.2) is 27.3 Å². The molecule has 0 saturated carbocycles. The number of hydrogen-bond donors (Lipinski definition) is 1. The number of amides is 1. The van der Waals surface area contributed by atoms with Crippen molar-refractivity contribution in [3.05, 3.63) is 45.3 Å². The maximum absolute atomic E-state index is 12.7. The molecule has 1 amide bonds. The van der Waals surface area contributed by atoms with Crippen LogP contribution < -0.4 is 5.32 Å². The van der Waals surface area contributed by atoms with Gasteiger partial charge in [-0.1, -0.05) is 5.16 Å². The lowest BCUT2D eigenvalue weighted by atomic mass is 10.1. The van der Waals surface area contributed by atoms with Crippen molar-refractivity contribution in [2.24, 2.45) is 0 Å². The van der Waals surface area contributed by atoms with Crippen LogP contribution in [0.2, 0.25) is 0 Å². The maximum atomic E-state index is 12.7. The van der Waals surface area contributed by atoms with Crippen molar-refractivity contribution in [2.75, 3.05) is 5.32 Å². The van der Waals surface area contributed by atoms with Gasteiger partial charge in [-0.3, -0.25) is 4.79 Å². The summed E-state index contributed by atoms with van der Waals surface area (Å²) < 4.78 is 43.1. The number of nitrogens with one attached hydrogen (secondary N) is 1. The molecule has 0 aliphatic rings. The minimum absolute atomic E-state index is 0.0136. The number of rotatable bonds is 2. The van der Waals surface area contributed by atoms with E-state index in [9.17, 15) is 18.0 Å². The molecule has 0 radical (unpaired) electrons. The molecule has 0 unspecified atom stereocenters. The predicted molar refractivity (Wildman–Crippen MR) is 86.2 cm³/mol. The summed E-state index contributed by atoms with van der Waals surface area (Å²) in [5, 5.41) is 6.69. The van der Waals surface area contributed by atoms with Gasteiger partial charge in [-0.2, -0.15) is 13.2 Å². The third-order valence-electron chi connectivity index (χ3n) is 3.39. The molecule has 0 fully saturated rings. The van der Waals surface area contributed by atoms with Crippen molar-refractivity contribution in [3.63, 3.8) is 0 Å². The number of nitrogens with zero attached hydrogens (tertiary/aromatic N) is 3. The number of anilines is 1. The van der Waals surface area contributed by atoms with E-state index in [1.165, 1.54) is 0 Å². The molecule has 3 aromatic heterocycles. The van der Waals surface area contributed by atoms with Crippen LogP contribution in [0, 0.1) is 13.8 Å². The molecule has 0 spiro atoms. The molecule has 130 valence electrons. The molecule has 3 rings (SSSR count). The van der Waals surface area contributed by atoms with E-state index in [4.69, 9.17) is 4.52 Å². The quantitative estimate of drug-likeness (QED) is 0.677. The molecule has 0 aromatic carbocycles. The number of pyridine rings is 2. The van der Waals surface area contributed by atoms with Crippen LogP contribution in [0.4, 0.5) is 19.0 Å². The lowest BCUT2D eigenvalue weighted by molar-refractivity contribution is -0.137. The van der Waals surface area contributed by atoms with E-state index in [1.54, 1.807) is 19.9 Å². The SMILES string of the molecule is Cc1cc(C(=O)Nc2ncc(C(F)(F)F)cc2Br)c2c(C)noc2n1. The molecular formula is C15H10BrF3N4O2. The highest BCUT2D eigenvalue weighted by molar-refractivity contribution is 9.10. The summed E-state index contributed by atoms with van der Waals surface area (Å²) in [7, 11) is 0. The minimum atomic E-state index is -4.52.